The van der Waals surface area contributed by atoms with Gasteiger partial charge in [-0.15, -0.1) is 0 Å². The Balaban J connectivity index is 2.34. The molecular weight excluding hydrogens is 172 g/mol. The Labute approximate surface area is 85.1 Å². The van der Waals surface area contributed by atoms with Gasteiger partial charge in [0.05, 0.1) is 0 Å². The van der Waals surface area contributed by atoms with Gasteiger partial charge in [-0.25, -0.2) is 0 Å². The van der Waals surface area contributed by atoms with Crippen LogP contribution in [0.1, 0.15) is 48.0 Å². The molecule has 0 amide bonds. The molecule has 2 atom stereocenters. The molecule has 0 saturated heterocycles. The largest absolute Gasteiger partial charge is 0.298 e. The van der Waals surface area contributed by atoms with Crippen molar-refractivity contribution < 1.29 is 4.79 Å². The first-order valence-corrected chi connectivity index (χ1v) is 5.37. The average molecular weight is 188 g/mol. The lowest BCUT2D eigenvalue weighted by Gasteiger charge is -2.17. The number of hydrogen-bond acceptors (Lipinski definition) is 1. The number of benzene rings is 1. The SMILES string of the molecule is CC1CCCC1c1ccccc1C=O. The van der Waals surface area contributed by atoms with Gasteiger partial charge in [0, 0.05) is 5.56 Å². The second-order valence-corrected chi connectivity index (χ2v) is 4.26. The zero-order chi connectivity index (χ0) is 9.97. The van der Waals surface area contributed by atoms with Gasteiger partial charge in [0.15, 0.2) is 0 Å². The third-order valence-electron chi connectivity index (χ3n) is 3.38. The smallest absolute Gasteiger partial charge is 0.150 e. The highest BCUT2D eigenvalue weighted by molar-refractivity contribution is 5.77. The number of hydrogen-bond donors (Lipinski definition) is 0. The Bertz CT molecular complexity index is 330. The van der Waals surface area contributed by atoms with Crippen molar-refractivity contribution >= 4 is 6.29 Å². The Hall–Kier alpha value is -1.11. The van der Waals surface area contributed by atoms with E-state index < -0.39 is 0 Å². The van der Waals surface area contributed by atoms with E-state index in [1.165, 1.54) is 24.8 Å². The molecule has 74 valence electrons. The minimum atomic E-state index is 0.608. The monoisotopic (exact) mass is 188 g/mol. The van der Waals surface area contributed by atoms with Gasteiger partial charge >= 0.3 is 0 Å². The van der Waals surface area contributed by atoms with E-state index in [1.807, 2.05) is 18.2 Å². The molecule has 0 aromatic heterocycles. The van der Waals surface area contributed by atoms with Crippen molar-refractivity contribution in [1.82, 2.24) is 0 Å². The minimum Gasteiger partial charge on any atom is -0.298 e. The maximum Gasteiger partial charge on any atom is 0.150 e. The van der Waals surface area contributed by atoms with Crippen molar-refractivity contribution in [2.24, 2.45) is 5.92 Å². The van der Waals surface area contributed by atoms with Crippen molar-refractivity contribution in [3.63, 3.8) is 0 Å². The van der Waals surface area contributed by atoms with Gasteiger partial charge in [0.2, 0.25) is 0 Å². The van der Waals surface area contributed by atoms with Gasteiger partial charge in [-0.1, -0.05) is 44.0 Å². The molecule has 0 spiro atoms. The molecule has 0 N–H and O–H groups in total. The molecule has 0 radical (unpaired) electrons. The molecule has 1 heteroatoms. The Morgan fingerprint density at radius 2 is 2.07 bits per heavy atom. The van der Waals surface area contributed by atoms with E-state index >= 15 is 0 Å². The van der Waals surface area contributed by atoms with Crippen LogP contribution in [0.3, 0.4) is 0 Å². The highest BCUT2D eigenvalue weighted by Crippen LogP contribution is 2.39. The molecule has 0 aliphatic heterocycles. The van der Waals surface area contributed by atoms with E-state index in [2.05, 4.69) is 13.0 Å². The molecule has 1 aliphatic rings. The molecule has 1 nitrogen and oxygen atoms in total. The average Bonchev–Trinajstić information content (AvgIpc) is 2.64. The van der Waals surface area contributed by atoms with Crippen LogP contribution < -0.4 is 0 Å². The highest BCUT2D eigenvalue weighted by atomic mass is 16.1. The zero-order valence-electron chi connectivity index (χ0n) is 8.57. The topological polar surface area (TPSA) is 17.1 Å². The fraction of sp³-hybridized carbons (Fsp3) is 0.462. The quantitative estimate of drug-likeness (QED) is 0.650. The molecule has 1 aromatic rings. The third kappa shape index (κ3) is 1.59. The predicted octanol–water partition coefficient (Wildman–Crippen LogP) is 3.40. The van der Waals surface area contributed by atoms with Crippen molar-refractivity contribution in [3.8, 4) is 0 Å². The maximum atomic E-state index is 10.9. The normalized spacial score (nSPS) is 26.4. The van der Waals surface area contributed by atoms with Crippen LogP contribution in [0.5, 0.6) is 0 Å². The van der Waals surface area contributed by atoms with Crippen LogP contribution in [0.15, 0.2) is 24.3 Å². The van der Waals surface area contributed by atoms with E-state index in [1.54, 1.807) is 0 Å². The van der Waals surface area contributed by atoms with E-state index in [0.29, 0.717) is 5.92 Å². The first-order chi connectivity index (χ1) is 6.83. The molecule has 14 heavy (non-hydrogen) atoms. The van der Waals surface area contributed by atoms with Crippen LogP contribution in [-0.4, -0.2) is 6.29 Å². The van der Waals surface area contributed by atoms with Crippen molar-refractivity contribution in [2.75, 3.05) is 0 Å². The summed E-state index contributed by atoms with van der Waals surface area (Å²) in [7, 11) is 0. The molecule has 1 aromatic carbocycles. The molecule has 1 saturated carbocycles. The van der Waals surface area contributed by atoms with Gasteiger partial charge in [0.25, 0.3) is 0 Å². The Morgan fingerprint density at radius 3 is 2.71 bits per heavy atom. The summed E-state index contributed by atoms with van der Waals surface area (Å²) in [6, 6.07) is 8.00. The van der Waals surface area contributed by atoms with Crippen LogP contribution in [0, 0.1) is 5.92 Å². The molecule has 2 unspecified atom stereocenters. The van der Waals surface area contributed by atoms with Gasteiger partial charge in [-0.3, -0.25) is 4.79 Å². The lowest BCUT2D eigenvalue weighted by atomic mass is 9.87. The summed E-state index contributed by atoms with van der Waals surface area (Å²) in [6.07, 6.45) is 4.84. The second kappa shape index (κ2) is 3.95. The molecule has 0 heterocycles. The Morgan fingerprint density at radius 1 is 1.29 bits per heavy atom. The first-order valence-electron chi connectivity index (χ1n) is 5.37. The summed E-state index contributed by atoms with van der Waals surface area (Å²) in [6.45, 7) is 2.29. The number of carbonyl (C=O) groups excluding carboxylic acids is 1. The highest BCUT2D eigenvalue weighted by Gasteiger charge is 2.26. The summed E-state index contributed by atoms with van der Waals surface area (Å²) < 4.78 is 0. The summed E-state index contributed by atoms with van der Waals surface area (Å²) in [5.74, 6) is 1.34. The number of rotatable bonds is 2. The molecule has 0 bridgehead atoms. The number of carbonyl (C=O) groups is 1. The lowest BCUT2D eigenvalue weighted by molar-refractivity contribution is 0.112. The van der Waals surface area contributed by atoms with Crippen LogP contribution in [-0.2, 0) is 0 Å². The van der Waals surface area contributed by atoms with E-state index in [9.17, 15) is 4.79 Å². The van der Waals surface area contributed by atoms with Crippen LogP contribution >= 0.6 is 0 Å². The summed E-state index contributed by atoms with van der Waals surface area (Å²) in [5, 5.41) is 0. The predicted molar refractivity (Wildman–Crippen MR) is 57.6 cm³/mol. The standard InChI is InChI=1S/C13H16O/c1-10-5-4-8-12(10)13-7-3-2-6-11(13)9-14/h2-3,6-7,9-10,12H,4-5,8H2,1H3. The molecular formula is C13H16O. The van der Waals surface area contributed by atoms with E-state index in [0.717, 1.165) is 17.8 Å². The second-order valence-electron chi connectivity index (χ2n) is 4.26. The van der Waals surface area contributed by atoms with Crippen LogP contribution in [0.25, 0.3) is 0 Å². The third-order valence-corrected chi connectivity index (χ3v) is 3.38. The lowest BCUT2D eigenvalue weighted by Crippen LogP contribution is -2.04. The van der Waals surface area contributed by atoms with Gasteiger partial charge in [0.1, 0.15) is 6.29 Å². The molecule has 1 fully saturated rings. The minimum absolute atomic E-state index is 0.608. The first kappa shape index (κ1) is 9.45. The van der Waals surface area contributed by atoms with Crippen LogP contribution in [0.2, 0.25) is 0 Å². The van der Waals surface area contributed by atoms with Crippen molar-refractivity contribution in [2.45, 2.75) is 32.1 Å². The van der Waals surface area contributed by atoms with E-state index in [4.69, 9.17) is 0 Å². The molecule has 1 aliphatic carbocycles. The fourth-order valence-corrected chi connectivity index (χ4v) is 2.56. The maximum absolute atomic E-state index is 10.9. The van der Waals surface area contributed by atoms with Crippen molar-refractivity contribution in [3.05, 3.63) is 35.4 Å². The zero-order valence-corrected chi connectivity index (χ0v) is 8.57. The number of aldehydes is 1. The van der Waals surface area contributed by atoms with Gasteiger partial charge < -0.3 is 0 Å². The molecule has 2 rings (SSSR count). The Kier molecular flexibility index (Phi) is 2.67. The summed E-state index contributed by atoms with van der Waals surface area (Å²) in [4.78, 5) is 10.9. The van der Waals surface area contributed by atoms with E-state index in [-0.39, 0.29) is 0 Å². The summed E-state index contributed by atoms with van der Waals surface area (Å²) in [5.41, 5.74) is 2.14. The summed E-state index contributed by atoms with van der Waals surface area (Å²) >= 11 is 0. The van der Waals surface area contributed by atoms with Crippen LogP contribution in [0.4, 0.5) is 0 Å². The van der Waals surface area contributed by atoms with Gasteiger partial charge in [-0.05, 0) is 23.8 Å². The van der Waals surface area contributed by atoms with Crippen molar-refractivity contribution in [1.29, 1.82) is 0 Å². The fourth-order valence-electron chi connectivity index (χ4n) is 2.56. The van der Waals surface area contributed by atoms with Gasteiger partial charge in [-0.2, -0.15) is 0 Å².